The largest absolute Gasteiger partial charge is 0.332 e. The summed E-state index contributed by atoms with van der Waals surface area (Å²) in [6.45, 7) is 9.60. The minimum Gasteiger partial charge on any atom is -0.332 e. The van der Waals surface area contributed by atoms with Crippen molar-refractivity contribution in [2.24, 2.45) is 11.1 Å². The molecule has 0 aliphatic rings. The number of nitrogens with zero attached hydrogens (tertiary/aromatic N) is 1. The predicted molar refractivity (Wildman–Crippen MR) is 58.5 cm³/mol. The number of nitrogens with two attached hydrogens (primary N) is 1. The molecule has 0 aromatic heterocycles. The summed E-state index contributed by atoms with van der Waals surface area (Å²) in [5, 5.41) is 0. The van der Waals surface area contributed by atoms with Crippen LogP contribution in [0.3, 0.4) is 0 Å². The van der Waals surface area contributed by atoms with E-state index in [-0.39, 0.29) is 11.3 Å². The van der Waals surface area contributed by atoms with E-state index in [1.165, 1.54) is 0 Å². The molecular weight excluding hydrogens is 176 g/mol. The first-order valence-corrected chi connectivity index (χ1v) is 4.88. The summed E-state index contributed by atoms with van der Waals surface area (Å²) < 4.78 is 0. The van der Waals surface area contributed by atoms with Gasteiger partial charge in [-0.2, -0.15) is 0 Å². The van der Waals surface area contributed by atoms with Crippen molar-refractivity contribution in [3.8, 4) is 11.8 Å². The van der Waals surface area contributed by atoms with Crippen LogP contribution in [0.15, 0.2) is 0 Å². The van der Waals surface area contributed by atoms with Gasteiger partial charge in [0.1, 0.15) is 0 Å². The molecule has 0 rings (SSSR count). The molecule has 2 N–H and O–H groups in total. The van der Waals surface area contributed by atoms with Gasteiger partial charge >= 0.3 is 0 Å². The lowest BCUT2D eigenvalue weighted by atomic mass is 9.93. The van der Waals surface area contributed by atoms with E-state index in [2.05, 4.69) is 11.8 Å². The van der Waals surface area contributed by atoms with Crippen molar-refractivity contribution in [3.05, 3.63) is 0 Å². The van der Waals surface area contributed by atoms with Crippen LogP contribution in [0.2, 0.25) is 0 Å². The monoisotopic (exact) mass is 196 g/mol. The first-order chi connectivity index (χ1) is 6.46. The molecule has 3 nitrogen and oxygen atoms in total. The van der Waals surface area contributed by atoms with Crippen LogP contribution in [0, 0.1) is 17.3 Å². The zero-order valence-electron chi connectivity index (χ0n) is 9.55. The van der Waals surface area contributed by atoms with Crippen LogP contribution in [0.4, 0.5) is 0 Å². The van der Waals surface area contributed by atoms with Crippen molar-refractivity contribution in [1.82, 2.24) is 4.90 Å². The fourth-order valence-electron chi connectivity index (χ4n) is 1.09. The van der Waals surface area contributed by atoms with Crippen LogP contribution >= 0.6 is 0 Å². The van der Waals surface area contributed by atoms with E-state index in [1.54, 1.807) is 11.8 Å². The molecule has 0 aliphatic carbocycles. The van der Waals surface area contributed by atoms with Gasteiger partial charge in [-0.05, 0) is 31.7 Å². The van der Waals surface area contributed by atoms with E-state index in [9.17, 15) is 4.79 Å². The van der Waals surface area contributed by atoms with Crippen molar-refractivity contribution >= 4 is 5.91 Å². The molecule has 0 saturated carbocycles. The number of amides is 1. The molecule has 0 aliphatic heterocycles. The number of hydrogen-bond acceptors (Lipinski definition) is 2. The number of carbonyl (C=O) groups excluding carboxylic acids is 1. The van der Waals surface area contributed by atoms with E-state index in [0.29, 0.717) is 19.6 Å². The normalized spacial score (nSPS) is 10.4. The summed E-state index contributed by atoms with van der Waals surface area (Å²) in [5.74, 6) is 5.04. The second-order valence-corrected chi connectivity index (χ2v) is 4.06. The third-order valence-electron chi connectivity index (χ3n) is 2.07. The maximum absolute atomic E-state index is 11.5. The Kier molecular flexibility index (Phi) is 5.26. The molecule has 0 saturated heterocycles. The topological polar surface area (TPSA) is 46.3 Å². The molecule has 14 heavy (non-hydrogen) atoms. The lowest BCUT2D eigenvalue weighted by Crippen LogP contribution is -2.41. The Balaban J connectivity index is 4.41. The van der Waals surface area contributed by atoms with Crippen molar-refractivity contribution in [3.63, 3.8) is 0 Å². The molecule has 0 fully saturated rings. The maximum Gasteiger partial charge on any atom is 0.298 e. The van der Waals surface area contributed by atoms with Gasteiger partial charge in [-0.25, -0.2) is 0 Å². The molecule has 1 amide bonds. The summed E-state index contributed by atoms with van der Waals surface area (Å²) >= 11 is 0. The van der Waals surface area contributed by atoms with Gasteiger partial charge in [0.2, 0.25) is 0 Å². The van der Waals surface area contributed by atoms with E-state index in [4.69, 9.17) is 5.73 Å². The van der Waals surface area contributed by atoms with Gasteiger partial charge in [-0.15, -0.1) is 0 Å². The molecule has 0 aromatic carbocycles. The molecule has 0 radical (unpaired) electrons. The SMILES string of the molecule is CC#CC(=O)N(CC)CC(C)(C)CN. The quantitative estimate of drug-likeness (QED) is 0.677. The molecule has 0 bridgehead atoms. The number of hydrogen-bond donors (Lipinski definition) is 1. The van der Waals surface area contributed by atoms with Crippen LogP contribution in [0.5, 0.6) is 0 Å². The summed E-state index contributed by atoms with van der Waals surface area (Å²) in [4.78, 5) is 13.2. The molecule has 0 spiro atoms. The second kappa shape index (κ2) is 5.66. The van der Waals surface area contributed by atoms with Crippen LogP contribution in [-0.4, -0.2) is 30.4 Å². The number of rotatable bonds is 4. The lowest BCUT2D eigenvalue weighted by Gasteiger charge is -2.29. The fourth-order valence-corrected chi connectivity index (χ4v) is 1.09. The first-order valence-electron chi connectivity index (χ1n) is 4.88. The van der Waals surface area contributed by atoms with Crippen molar-refractivity contribution < 1.29 is 4.79 Å². The van der Waals surface area contributed by atoms with Gasteiger partial charge < -0.3 is 10.6 Å². The first kappa shape index (κ1) is 13.0. The molecule has 0 aromatic rings. The molecular formula is C11H20N2O. The molecule has 0 unspecified atom stereocenters. The van der Waals surface area contributed by atoms with E-state index < -0.39 is 0 Å². The van der Waals surface area contributed by atoms with Gasteiger partial charge in [0, 0.05) is 13.1 Å². The minimum atomic E-state index is -0.114. The fraction of sp³-hybridized carbons (Fsp3) is 0.727. The van der Waals surface area contributed by atoms with E-state index >= 15 is 0 Å². The summed E-state index contributed by atoms with van der Waals surface area (Å²) in [7, 11) is 0. The van der Waals surface area contributed by atoms with Crippen LogP contribution in [0.25, 0.3) is 0 Å². The van der Waals surface area contributed by atoms with Gasteiger partial charge in [0.15, 0.2) is 0 Å². The number of carbonyl (C=O) groups is 1. The van der Waals surface area contributed by atoms with Gasteiger partial charge in [-0.3, -0.25) is 4.79 Å². The van der Waals surface area contributed by atoms with Crippen molar-refractivity contribution in [1.29, 1.82) is 0 Å². The Hall–Kier alpha value is -1.01. The highest BCUT2D eigenvalue weighted by molar-refractivity contribution is 5.93. The molecule has 3 heteroatoms. The average Bonchev–Trinajstić information content (AvgIpc) is 2.14. The highest BCUT2D eigenvalue weighted by Crippen LogP contribution is 2.14. The smallest absolute Gasteiger partial charge is 0.298 e. The second-order valence-electron chi connectivity index (χ2n) is 4.06. The standard InChI is InChI=1S/C11H20N2O/c1-5-7-10(14)13(6-2)9-11(3,4)8-12/h6,8-9,12H2,1-4H3. The predicted octanol–water partition coefficient (Wildman–Crippen LogP) is 0.843. The Labute approximate surface area is 86.6 Å². The third-order valence-corrected chi connectivity index (χ3v) is 2.07. The highest BCUT2D eigenvalue weighted by Gasteiger charge is 2.21. The molecule has 0 heterocycles. The zero-order chi connectivity index (χ0) is 11.2. The van der Waals surface area contributed by atoms with Crippen LogP contribution in [0.1, 0.15) is 27.7 Å². The Morgan fingerprint density at radius 3 is 2.43 bits per heavy atom. The highest BCUT2D eigenvalue weighted by atomic mass is 16.2. The van der Waals surface area contributed by atoms with Gasteiger partial charge in [-0.1, -0.05) is 19.8 Å². The van der Waals surface area contributed by atoms with E-state index in [0.717, 1.165) is 0 Å². The van der Waals surface area contributed by atoms with Gasteiger partial charge in [0.25, 0.3) is 5.91 Å². The third kappa shape index (κ3) is 4.29. The van der Waals surface area contributed by atoms with Crippen LogP contribution < -0.4 is 5.73 Å². The summed E-state index contributed by atoms with van der Waals surface area (Å²) in [6, 6.07) is 0. The molecule has 80 valence electrons. The Bertz CT molecular complexity index is 248. The minimum absolute atomic E-state index is 0.0406. The lowest BCUT2D eigenvalue weighted by molar-refractivity contribution is -0.126. The Morgan fingerprint density at radius 2 is 2.07 bits per heavy atom. The van der Waals surface area contributed by atoms with E-state index in [1.807, 2.05) is 20.8 Å². The van der Waals surface area contributed by atoms with Gasteiger partial charge in [0.05, 0.1) is 0 Å². The summed E-state index contributed by atoms with van der Waals surface area (Å²) in [6.07, 6.45) is 0. The zero-order valence-corrected chi connectivity index (χ0v) is 9.55. The van der Waals surface area contributed by atoms with Crippen molar-refractivity contribution in [2.45, 2.75) is 27.7 Å². The van der Waals surface area contributed by atoms with Crippen LogP contribution in [-0.2, 0) is 4.79 Å². The summed E-state index contributed by atoms with van der Waals surface area (Å²) in [5.41, 5.74) is 5.57. The molecule has 0 atom stereocenters. The van der Waals surface area contributed by atoms with Crippen molar-refractivity contribution in [2.75, 3.05) is 19.6 Å². The Morgan fingerprint density at radius 1 is 1.50 bits per heavy atom. The average molecular weight is 196 g/mol. The maximum atomic E-state index is 11.5.